The molecule has 1 aliphatic heterocycles. The molecule has 1 aromatic rings. The maximum absolute atomic E-state index is 10.0. The summed E-state index contributed by atoms with van der Waals surface area (Å²) in [6.45, 7) is 8.12. The minimum atomic E-state index is -1.31. The average Bonchev–Trinajstić information content (AvgIpc) is 2.47. The van der Waals surface area contributed by atoms with Crippen molar-refractivity contribution in [1.82, 2.24) is 0 Å². The fraction of sp³-hybridized carbons (Fsp3) is 0.647. The Morgan fingerprint density at radius 2 is 1.91 bits per heavy atom. The van der Waals surface area contributed by atoms with Gasteiger partial charge in [0.2, 0.25) is 6.29 Å². The van der Waals surface area contributed by atoms with Gasteiger partial charge in [0, 0.05) is 5.54 Å². The summed E-state index contributed by atoms with van der Waals surface area (Å²) in [4.78, 5) is 0. The lowest BCUT2D eigenvalue weighted by atomic mass is 10.0. The van der Waals surface area contributed by atoms with Gasteiger partial charge in [-0.25, -0.2) is 0 Å². The topological polar surface area (TPSA) is 91.2 Å². The van der Waals surface area contributed by atoms with Gasteiger partial charge in [-0.3, -0.25) is 0 Å². The summed E-state index contributed by atoms with van der Waals surface area (Å²) in [5.74, 6) is 0.532. The summed E-state index contributed by atoms with van der Waals surface area (Å²) >= 11 is 0. The van der Waals surface area contributed by atoms with E-state index in [0.717, 1.165) is 17.7 Å². The van der Waals surface area contributed by atoms with Gasteiger partial charge in [0.15, 0.2) is 0 Å². The van der Waals surface area contributed by atoms with Crippen LogP contribution < -0.4 is 10.1 Å². The van der Waals surface area contributed by atoms with Crippen LogP contribution in [0.3, 0.4) is 0 Å². The normalized spacial score (nSPS) is 28.5. The van der Waals surface area contributed by atoms with Crippen LogP contribution in [0.2, 0.25) is 0 Å². The molecule has 0 aliphatic carbocycles. The van der Waals surface area contributed by atoms with Gasteiger partial charge < -0.3 is 30.1 Å². The van der Waals surface area contributed by atoms with Crippen molar-refractivity contribution in [1.29, 1.82) is 0 Å². The molecule has 23 heavy (non-hydrogen) atoms. The average molecular weight is 325 g/mol. The Morgan fingerprint density at radius 1 is 1.22 bits per heavy atom. The molecule has 1 unspecified atom stereocenters. The Labute approximate surface area is 137 Å². The molecule has 0 aromatic heterocycles. The SMILES string of the molecule is CCc1ccc(O[C@@H]2OC[C@@H](O)[C@H](O)C2O)c(NC(C)(C)C)c1. The molecule has 1 saturated heterocycles. The van der Waals surface area contributed by atoms with E-state index in [0.29, 0.717) is 5.75 Å². The van der Waals surface area contributed by atoms with Crippen LogP contribution >= 0.6 is 0 Å². The van der Waals surface area contributed by atoms with Crippen LogP contribution in [0.15, 0.2) is 18.2 Å². The molecule has 0 radical (unpaired) electrons. The Morgan fingerprint density at radius 3 is 2.52 bits per heavy atom. The standard InChI is InChI=1S/C17H27NO5/c1-5-10-6-7-13(11(8-10)18-17(2,3)4)23-16-15(21)14(20)12(19)9-22-16/h6-8,12,14-16,18-21H,5,9H2,1-4H3/t12-,14+,15?,16+/m1/s1. The Bertz CT molecular complexity index is 528. The number of ether oxygens (including phenoxy) is 2. The molecule has 0 amide bonds. The summed E-state index contributed by atoms with van der Waals surface area (Å²) in [5.41, 5.74) is 1.80. The van der Waals surface area contributed by atoms with E-state index in [2.05, 4.69) is 12.2 Å². The number of aliphatic hydroxyl groups is 3. The molecule has 0 saturated carbocycles. The largest absolute Gasteiger partial charge is 0.460 e. The summed E-state index contributed by atoms with van der Waals surface area (Å²) in [7, 11) is 0. The molecule has 6 heteroatoms. The molecular weight excluding hydrogens is 298 g/mol. The fourth-order valence-corrected chi connectivity index (χ4v) is 2.41. The summed E-state index contributed by atoms with van der Waals surface area (Å²) in [6.07, 6.45) is -3.84. The zero-order valence-corrected chi connectivity index (χ0v) is 14.1. The Kier molecular flexibility index (Phi) is 5.52. The minimum absolute atomic E-state index is 0.0853. The van der Waals surface area contributed by atoms with E-state index in [1.54, 1.807) is 0 Å². The molecular formula is C17H27NO5. The number of nitrogens with one attached hydrogen (secondary N) is 1. The van der Waals surface area contributed by atoms with Gasteiger partial charge in [0.05, 0.1) is 12.3 Å². The van der Waals surface area contributed by atoms with Crippen LogP contribution in [0.5, 0.6) is 5.75 Å². The number of aryl methyl sites for hydroxylation is 1. The van der Waals surface area contributed by atoms with Crippen molar-refractivity contribution >= 4 is 5.69 Å². The highest BCUT2D eigenvalue weighted by atomic mass is 16.7. The molecule has 1 aliphatic rings. The van der Waals surface area contributed by atoms with Crippen molar-refractivity contribution in [3.8, 4) is 5.75 Å². The van der Waals surface area contributed by atoms with Gasteiger partial charge in [-0.05, 0) is 44.9 Å². The van der Waals surface area contributed by atoms with Gasteiger partial charge in [-0.1, -0.05) is 13.0 Å². The van der Waals surface area contributed by atoms with Gasteiger partial charge >= 0.3 is 0 Å². The van der Waals surface area contributed by atoms with Crippen molar-refractivity contribution < 1.29 is 24.8 Å². The molecule has 1 fully saturated rings. The van der Waals surface area contributed by atoms with E-state index in [4.69, 9.17) is 9.47 Å². The van der Waals surface area contributed by atoms with Crippen molar-refractivity contribution in [2.75, 3.05) is 11.9 Å². The first kappa shape index (κ1) is 18.0. The maximum atomic E-state index is 10.0. The van der Waals surface area contributed by atoms with E-state index in [1.165, 1.54) is 0 Å². The molecule has 2 rings (SSSR count). The van der Waals surface area contributed by atoms with Crippen LogP contribution in [-0.4, -0.2) is 52.1 Å². The lowest BCUT2D eigenvalue weighted by Gasteiger charge is -2.35. The van der Waals surface area contributed by atoms with Crippen molar-refractivity contribution in [3.63, 3.8) is 0 Å². The molecule has 130 valence electrons. The molecule has 6 nitrogen and oxygen atoms in total. The second-order valence-corrected chi connectivity index (χ2v) is 6.93. The quantitative estimate of drug-likeness (QED) is 0.667. The van der Waals surface area contributed by atoms with E-state index >= 15 is 0 Å². The molecule has 0 spiro atoms. The van der Waals surface area contributed by atoms with Crippen molar-refractivity contribution in [2.24, 2.45) is 0 Å². The fourth-order valence-electron chi connectivity index (χ4n) is 2.41. The third-order valence-electron chi connectivity index (χ3n) is 3.66. The first-order chi connectivity index (χ1) is 10.7. The van der Waals surface area contributed by atoms with Crippen molar-refractivity contribution in [2.45, 2.75) is 64.3 Å². The highest BCUT2D eigenvalue weighted by Gasteiger charge is 2.39. The van der Waals surface area contributed by atoms with Gasteiger partial charge in [0.1, 0.15) is 24.1 Å². The highest BCUT2D eigenvalue weighted by molar-refractivity contribution is 5.59. The highest BCUT2D eigenvalue weighted by Crippen LogP contribution is 2.31. The zero-order valence-electron chi connectivity index (χ0n) is 14.1. The number of aliphatic hydroxyl groups excluding tert-OH is 3. The maximum Gasteiger partial charge on any atom is 0.228 e. The van der Waals surface area contributed by atoms with Crippen LogP contribution in [0.1, 0.15) is 33.3 Å². The van der Waals surface area contributed by atoms with Crippen LogP contribution in [0.4, 0.5) is 5.69 Å². The number of benzene rings is 1. The van der Waals surface area contributed by atoms with Crippen LogP contribution in [0.25, 0.3) is 0 Å². The van der Waals surface area contributed by atoms with Gasteiger partial charge in [-0.2, -0.15) is 0 Å². The lowest BCUT2D eigenvalue weighted by molar-refractivity contribution is -0.241. The van der Waals surface area contributed by atoms with E-state index < -0.39 is 24.6 Å². The van der Waals surface area contributed by atoms with Crippen LogP contribution in [-0.2, 0) is 11.2 Å². The second-order valence-electron chi connectivity index (χ2n) is 6.93. The molecule has 4 atom stereocenters. The summed E-state index contributed by atoms with van der Waals surface area (Å²) < 4.78 is 11.1. The number of rotatable bonds is 4. The zero-order chi connectivity index (χ0) is 17.2. The van der Waals surface area contributed by atoms with E-state index in [-0.39, 0.29) is 12.1 Å². The van der Waals surface area contributed by atoms with Crippen LogP contribution in [0, 0.1) is 0 Å². The minimum Gasteiger partial charge on any atom is -0.460 e. The second kappa shape index (κ2) is 7.05. The van der Waals surface area contributed by atoms with E-state index in [9.17, 15) is 15.3 Å². The number of hydrogen-bond acceptors (Lipinski definition) is 6. The van der Waals surface area contributed by atoms with E-state index in [1.807, 2.05) is 39.0 Å². The third-order valence-corrected chi connectivity index (χ3v) is 3.66. The van der Waals surface area contributed by atoms with Gasteiger partial charge in [-0.15, -0.1) is 0 Å². The van der Waals surface area contributed by atoms with Gasteiger partial charge in [0.25, 0.3) is 0 Å². The summed E-state index contributed by atoms with van der Waals surface area (Å²) in [5, 5.41) is 32.6. The molecule has 0 bridgehead atoms. The molecule has 1 aromatic carbocycles. The Balaban J connectivity index is 2.21. The lowest BCUT2D eigenvalue weighted by Crippen LogP contribution is -2.54. The predicted molar refractivity (Wildman–Crippen MR) is 87.6 cm³/mol. The number of anilines is 1. The Hall–Kier alpha value is -1.34. The van der Waals surface area contributed by atoms with Crippen molar-refractivity contribution in [3.05, 3.63) is 23.8 Å². The monoisotopic (exact) mass is 325 g/mol. The third kappa shape index (κ3) is 4.57. The molecule has 4 N–H and O–H groups in total. The summed E-state index contributed by atoms with van der Waals surface area (Å²) in [6, 6.07) is 5.77. The number of hydrogen-bond donors (Lipinski definition) is 4. The smallest absolute Gasteiger partial charge is 0.228 e. The molecule has 1 heterocycles. The first-order valence-corrected chi connectivity index (χ1v) is 7.95. The first-order valence-electron chi connectivity index (χ1n) is 7.95. The predicted octanol–water partition coefficient (Wildman–Crippen LogP) is 1.28.